The van der Waals surface area contributed by atoms with E-state index in [2.05, 4.69) is 17.2 Å². The summed E-state index contributed by atoms with van der Waals surface area (Å²) in [6, 6.07) is 0.566. The van der Waals surface area contributed by atoms with E-state index < -0.39 is 0 Å². The Morgan fingerprint density at radius 1 is 1.60 bits per heavy atom. The van der Waals surface area contributed by atoms with E-state index in [1.807, 2.05) is 5.38 Å². The van der Waals surface area contributed by atoms with E-state index in [1.165, 1.54) is 37.0 Å². The van der Waals surface area contributed by atoms with Crippen LogP contribution in [-0.2, 0) is 6.54 Å². The Morgan fingerprint density at radius 2 is 2.33 bits per heavy atom. The molecule has 1 atom stereocenters. The Bertz CT molecular complexity index is 351. The number of rotatable bonds is 4. The van der Waals surface area contributed by atoms with Crippen molar-refractivity contribution in [3.05, 3.63) is 20.7 Å². The Hall–Kier alpha value is -0.610. The van der Waals surface area contributed by atoms with E-state index in [9.17, 15) is 4.79 Å². The van der Waals surface area contributed by atoms with Gasteiger partial charge in [-0.05, 0) is 25.7 Å². The number of hydrogen-bond acceptors (Lipinski definition) is 3. The van der Waals surface area contributed by atoms with Gasteiger partial charge in [0.05, 0.1) is 0 Å². The van der Waals surface area contributed by atoms with E-state index >= 15 is 0 Å². The summed E-state index contributed by atoms with van der Waals surface area (Å²) in [5.41, 5.74) is 1.01. The zero-order valence-corrected chi connectivity index (χ0v) is 9.90. The topological polar surface area (TPSA) is 44.9 Å². The molecule has 0 aromatic carbocycles. The number of thiazole rings is 1. The lowest BCUT2D eigenvalue weighted by atomic mass is 10.00. The second-order valence-electron chi connectivity index (χ2n) is 4.39. The van der Waals surface area contributed by atoms with Crippen molar-refractivity contribution in [3.8, 4) is 0 Å². The molecule has 1 aromatic rings. The lowest BCUT2D eigenvalue weighted by Crippen LogP contribution is -2.31. The molecule has 1 saturated carbocycles. The fourth-order valence-electron chi connectivity index (χ4n) is 2.30. The number of H-pyrrole nitrogens is 1. The molecule has 0 amide bonds. The Kier molecular flexibility index (Phi) is 3.59. The minimum absolute atomic E-state index is 0.0420. The highest BCUT2D eigenvalue weighted by Crippen LogP contribution is 2.27. The third kappa shape index (κ3) is 2.92. The maximum atomic E-state index is 10.9. The van der Waals surface area contributed by atoms with Gasteiger partial charge in [0.2, 0.25) is 0 Å². The molecule has 0 spiro atoms. The van der Waals surface area contributed by atoms with E-state index in [0.29, 0.717) is 6.04 Å². The van der Waals surface area contributed by atoms with Crippen LogP contribution in [0.2, 0.25) is 0 Å². The van der Waals surface area contributed by atoms with Crippen LogP contribution in [0.4, 0.5) is 0 Å². The molecule has 2 rings (SSSR count). The van der Waals surface area contributed by atoms with Crippen LogP contribution in [0.1, 0.15) is 38.3 Å². The predicted molar refractivity (Wildman–Crippen MR) is 63.2 cm³/mol. The summed E-state index contributed by atoms with van der Waals surface area (Å²) in [5, 5.41) is 5.39. The van der Waals surface area contributed by atoms with Gasteiger partial charge in [-0.3, -0.25) is 4.79 Å². The molecule has 15 heavy (non-hydrogen) atoms. The van der Waals surface area contributed by atoms with Gasteiger partial charge in [-0.25, -0.2) is 0 Å². The zero-order valence-electron chi connectivity index (χ0n) is 9.08. The van der Waals surface area contributed by atoms with Crippen LogP contribution in [0.15, 0.2) is 10.2 Å². The van der Waals surface area contributed by atoms with Gasteiger partial charge >= 0.3 is 4.87 Å². The number of aromatic nitrogens is 1. The Balaban J connectivity index is 1.79. The average molecular weight is 226 g/mol. The molecule has 1 unspecified atom stereocenters. The van der Waals surface area contributed by atoms with Crippen LogP contribution >= 0.6 is 11.3 Å². The largest absolute Gasteiger partial charge is 0.315 e. The van der Waals surface area contributed by atoms with Crippen molar-refractivity contribution in [1.82, 2.24) is 10.3 Å². The third-order valence-corrected chi connectivity index (χ3v) is 4.01. The van der Waals surface area contributed by atoms with Crippen molar-refractivity contribution in [3.63, 3.8) is 0 Å². The maximum absolute atomic E-state index is 10.9. The van der Waals surface area contributed by atoms with Gasteiger partial charge in [0.25, 0.3) is 0 Å². The molecule has 0 aliphatic heterocycles. The van der Waals surface area contributed by atoms with Gasteiger partial charge in [0, 0.05) is 23.7 Å². The molecule has 1 aliphatic rings. The van der Waals surface area contributed by atoms with Gasteiger partial charge < -0.3 is 10.3 Å². The van der Waals surface area contributed by atoms with Crippen molar-refractivity contribution < 1.29 is 0 Å². The van der Waals surface area contributed by atoms with Crippen molar-refractivity contribution in [1.29, 1.82) is 0 Å². The summed E-state index contributed by atoms with van der Waals surface area (Å²) in [6.07, 6.45) is 5.47. The van der Waals surface area contributed by atoms with Crippen LogP contribution in [0.3, 0.4) is 0 Å². The predicted octanol–water partition coefficient (Wildman–Crippen LogP) is 2.10. The fourth-order valence-corrected chi connectivity index (χ4v) is 2.88. The summed E-state index contributed by atoms with van der Waals surface area (Å²) in [5.74, 6) is 0.829. The van der Waals surface area contributed by atoms with Gasteiger partial charge in [-0.1, -0.05) is 24.2 Å². The third-order valence-electron chi connectivity index (χ3n) is 3.29. The SMILES string of the molecule is CC(NCc1csc(=O)[nH]1)C1CCCC1. The lowest BCUT2D eigenvalue weighted by Gasteiger charge is -2.19. The molecule has 84 valence electrons. The smallest absolute Gasteiger partial charge is 0.304 e. The first-order chi connectivity index (χ1) is 7.25. The van der Waals surface area contributed by atoms with Crippen molar-refractivity contribution >= 4 is 11.3 Å². The normalized spacial score (nSPS) is 19.5. The van der Waals surface area contributed by atoms with E-state index in [4.69, 9.17) is 0 Å². The van der Waals surface area contributed by atoms with E-state index in [1.54, 1.807) is 0 Å². The van der Waals surface area contributed by atoms with Gasteiger partial charge in [-0.15, -0.1) is 0 Å². The highest BCUT2D eigenvalue weighted by Gasteiger charge is 2.20. The molecule has 1 fully saturated rings. The molecule has 2 N–H and O–H groups in total. The Morgan fingerprint density at radius 3 is 2.93 bits per heavy atom. The highest BCUT2D eigenvalue weighted by atomic mass is 32.1. The second kappa shape index (κ2) is 4.94. The minimum atomic E-state index is 0.0420. The molecule has 0 bridgehead atoms. The summed E-state index contributed by atoms with van der Waals surface area (Å²) < 4.78 is 0. The highest BCUT2D eigenvalue weighted by molar-refractivity contribution is 7.07. The quantitative estimate of drug-likeness (QED) is 0.826. The number of nitrogens with one attached hydrogen (secondary N) is 2. The summed E-state index contributed by atoms with van der Waals surface area (Å²) in [7, 11) is 0. The number of hydrogen-bond donors (Lipinski definition) is 2. The van der Waals surface area contributed by atoms with E-state index in [0.717, 1.165) is 18.2 Å². The molecule has 4 heteroatoms. The van der Waals surface area contributed by atoms with Gasteiger partial charge in [0.15, 0.2) is 0 Å². The van der Waals surface area contributed by atoms with E-state index in [-0.39, 0.29) is 4.87 Å². The molecular formula is C11H18N2OS. The molecule has 0 radical (unpaired) electrons. The standard InChI is InChI=1S/C11H18N2OS/c1-8(9-4-2-3-5-9)12-6-10-7-15-11(14)13-10/h7-9,12H,2-6H2,1H3,(H,13,14). The van der Waals surface area contributed by atoms with Crippen molar-refractivity contribution in [2.75, 3.05) is 0 Å². The molecule has 0 saturated heterocycles. The van der Waals surface area contributed by atoms with Crippen LogP contribution in [0.5, 0.6) is 0 Å². The molecule has 1 aliphatic carbocycles. The molecule has 3 nitrogen and oxygen atoms in total. The summed E-state index contributed by atoms with van der Waals surface area (Å²) in [6.45, 7) is 3.04. The van der Waals surface area contributed by atoms with Crippen molar-refractivity contribution in [2.24, 2.45) is 5.92 Å². The van der Waals surface area contributed by atoms with Gasteiger partial charge in [-0.2, -0.15) is 0 Å². The maximum Gasteiger partial charge on any atom is 0.304 e. The number of aromatic amines is 1. The summed E-state index contributed by atoms with van der Waals surface area (Å²) in [4.78, 5) is 13.8. The van der Waals surface area contributed by atoms with Crippen LogP contribution in [0, 0.1) is 5.92 Å². The Labute approximate surface area is 93.9 Å². The minimum Gasteiger partial charge on any atom is -0.315 e. The van der Waals surface area contributed by atoms with Crippen LogP contribution in [-0.4, -0.2) is 11.0 Å². The molecule has 1 heterocycles. The second-order valence-corrected chi connectivity index (χ2v) is 5.23. The molecule has 1 aromatic heterocycles. The first-order valence-corrected chi connectivity index (χ1v) is 6.54. The first-order valence-electron chi connectivity index (χ1n) is 5.66. The van der Waals surface area contributed by atoms with Crippen molar-refractivity contribution in [2.45, 2.75) is 45.2 Å². The fraction of sp³-hybridized carbons (Fsp3) is 0.727. The van der Waals surface area contributed by atoms with Gasteiger partial charge in [0.1, 0.15) is 0 Å². The zero-order chi connectivity index (χ0) is 10.7. The molecular weight excluding hydrogens is 208 g/mol. The summed E-state index contributed by atoms with van der Waals surface area (Å²) >= 11 is 1.24. The average Bonchev–Trinajstić information content (AvgIpc) is 2.84. The monoisotopic (exact) mass is 226 g/mol. The first kappa shape index (κ1) is 10.9. The lowest BCUT2D eigenvalue weighted by molar-refractivity contribution is 0.379. The van der Waals surface area contributed by atoms with Crippen LogP contribution < -0.4 is 10.2 Å². The van der Waals surface area contributed by atoms with Crippen LogP contribution in [0.25, 0.3) is 0 Å².